The molecule has 82 valence electrons. The SMILES string of the molecule is CCOCCOC(=O)c1cnc(Cl)cn1. The molecule has 0 spiro atoms. The second-order valence-electron chi connectivity index (χ2n) is 2.56. The highest BCUT2D eigenvalue weighted by Crippen LogP contribution is 2.02. The second kappa shape index (κ2) is 6.31. The van der Waals surface area contributed by atoms with Crippen LogP contribution in [0.1, 0.15) is 17.4 Å². The zero-order valence-electron chi connectivity index (χ0n) is 8.27. The largest absolute Gasteiger partial charge is 0.458 e. The van der Waals surface area contributed by atoms with Gasteiger partial charge in [-0.25, -0.2) is 14.8 Å². The molecule has 0 bridgehead atoms. The van der Waals surface area contributed by atoms with Crippen LogP contribution in [-0.4, -0.2) is 35.8 Å². The first-order chi connectivity index (χ1) is 7.24. The Kier molecular flexibility index (Phi) is 5.00. The summed E-state index contributed by atoms with van der Waals surface area (Å²) < 4.78 is 9.87. The molecule has 0 unspecified atom stereocenters. The molecule has 0 saturated carbocycles. The van der Waals surface area contributed by atoms with E-state index in [2.05, 4.69) is 9.97 Å². The van der Waals surface area contributed by atoms with Gasteiger partial charge in [-0.15, -0.1) is 0 Å². The van der Waals surface area contributed by atoms with Crippen molar-refractivity contribution in [3.8, 4) is 0 Å². The predicted molar refractivity (Wildman–Crippen MR) is 53.8 cm³/mol. The molecule has 0 amide bonds. The van der Waals surface area contributed by atoms with Crippen LogP contribution >= 0.6 is 11.6 Å². The van der Waals surface area contributed by atoms with Crippen molar-refractivity contribution in [2.45, 2.75) is 6.92 Å². The summed E-state index contributed by atoms with van der Waals surface area (Å²) in [6, 6.07) is 0. The molecule has 1 aromatic heterocycles. The van der Waals surface area contributed by atoms with Gasteiger partial charge in [-0.3, -0.25) is 0 Å². The number of nitrogens with zero attached hydrogens (tertiary/aromatic N) is 2. The Balaban J connectivity index is 2.37. The minimum absolute atomic E-state index is 0.135. The summed E-state index contributed by atoms with van der Waals surface area (Å²) in [5.74, 6) is -0.529. The number of esters is 1. The van der Waals surface area contributed by atoms with E-state index in [-0.39, 0.29) is 17.5 Å². The molecule has 0 aliphatic carbocycles. The van der Waals surface area contributed by atoms with Crippen LogP contribution in [0.3, 0.4) is 0 Å². The molecule has 0 radical (unpaired) electrons. The van der Waals surface area contributed by atoms with Crippen LogP contribution in [0.25, 0.3) is 0 Å². The lowest BCUT2D eigenvalue weighted by molar-refractivity contribution is 0.0329. The fraction of sp³-hybridized carbons (Fsp3) is 0.444. The maximum atomic E-state index is 11.3. The third-order valence-electron chi connectivity index (χ3n) is 1.49. The summed E-state index contributed by atoms with van der Waals surface area (Å²) in [5.41, 5.74) is 0.135. The lowest BCUT2D eigenvalue weighted by atomic mass is 10.4. The molecule has 0 aliphatic heterocycles. The quantitative estimate of drug-likeness (QED) is 0.564. The van der Waals surface area contributed by atoms with E-state index in [4.69, 9.17) is 21.1 Å². The van der Waals surface area contributed by atoms with Crippen molar-refractivity contribution < 1.29 is 14.3 Å². The van der Waals surface area contributed by atoms with Gasteiger partial charge in [0, 0.05) is 6.61 Å². The maximum Gasteiger partial charge on any atom is 0.358 e. The Hall–Kier alpha value is -1.20. The van der Waals surface area contributed by atoms with E-state index < -0.39 is 5.97 Å². The summed E-state index contributed by atoms with van der Waals surface area (Å²) in [7, 11) is 0. The molecular formula is C9H11ClN2O3. The molecule has 6 heteroatoms. The fourth-order valence-electron chi connectivity index (χ4n) is 0.829. The van der Waals surface area contributed by atoms with Crippen molar-refractivity contribution in [1.29, 1.82) is 0 Å². The molecule has 0 atom stereocenters. The van der Waals surface area contributed by atoms with Crippen molar-refractivity contribution in [2.75, 3.05) is 19.8 Å². The highest BCUT2D eigenvalue weighted by atomic mass is 35.5. The van der Waals surface area contributed by atoms with Gasteiger partial charge in [-0.05, 0) is 6.92 Å². The molecule has 1 heterocycles. The van der Waals surface area contributed by atoms with Gasteiger partial charge in [0.1, 0.15) is 11.8 Å². The van der Waals surface area contributed by atoms with Crippen LogP contribution in [0.4, 0.5) is 0 Å². The number of rotatable bonds is 5. The van der Waals surface area contributed by atoms with Crippen molar-refractivity contribution in [1.82, 2.24) is 9.97 Å². The van der Waals surface area contributed by atoms with Crippen LogP contribution in [0.2, 0.25) is 5.15 Å². The van der Waals surface area contributed by atoms with E-state index in [9.17, 15) is 4.79 Å². The molecular weight excluding hydrogens is 220 g/mol. The van der Waals surface area contributed by atoms with Crippen LogP contribution in [0.15, 0.2) is 12.4 Å². The number of carbonyl (C=O) groups is 1. The predicted octanol–water partition coefficient (Wildman–Crippen LogP) is 1.32. The number of carbonyl (C=O) groups excluding carboxylic acids is 1. The molecule has 5 nitrogen and oxygen atoms in total. The Morgan fingerprint density at radius 3 is 2.80 bits per heavy atom. The molecule has 0 aromatic carbocycles. The van der Waals surface area contributed by atoms with Crippen molar-refractivity contribution in [2.24, 2.45) is 0 Å². The molecule has 0 fully saturated rings. The lowest BCUT2D eigenvalue weighted by Crippen LogP contribution is -2.12. The third-order valence-corrected chi connectivity index (χ3v) is 1.69. The molecule has 0 aliphatic rings. The van der Waals surface area contributed by atoms with Gasteiger partial charge in [-0.2, -0.15) is 0 Å². The summed E-state index contributed by atoms with van der Waals surface area (Å²) in [6.07, 6.45) is 2.56. The third kappa shape index (κ3) is 4.22. The van der Waals surface area contributed by atoms with Gasteiger partial charge < -0.3 is 9.47 Å². The monoisotopic (exact) mass is 230 g/mol. The number of hydrogen-bond donors (Lipinski definition) is 0. The minimum Gasteiger partial charge on any atom is -0.458 e. The van der Waals surface area contributed by atoms with E-state index in [1.807, 2.05) is 6.92 Å². The maximum absolute atomic E-state index is 11.3. The number of aromatic nitrogens is 2. The van der Waals surface area contributed by atoms with Crippen LogP contribution < -0.4 is 0 Å². The fourth-order valence-corrected chi connectivity index (χ4v) is 0.927. The Morgan fingerprint density at radius 2 is 2.20 bits per heavy atom. The van der Waals surface area contributed by atoms with Gasteiger partial charge in [0.15, 0.2) is 5.69 Å². The molecule has 1 rings (SSSR count). The van der Waals surface area contributed by atoms with Crippen LogP contribution in [0, 0.1) is 0 Å². The van der Waals surface area contributed by atoms with Crippen molar-refractivity contribution in [3.63, 3.8) is 0 Å². The van der Waals surface area contributed by atoms with E-state index in [1.54, 1.807) is 0 Å². The summed E-state index contributed by atoms with van der Waals surface area (Å²) in [4.78, 5) is 18.8. The molecule has 1 aromatic rings. The number of halogens is 1. The van der Waals surface area contributed by atoms with Gasteiger partial charge in [0.25, 0.3) is 0 Å². The highest BCUT2D eigenvalue weighted by Gasteiger charge is 2.08. The van der Waals surface area contributed by atoms with E-state index in [1.165, 1.54) is 12.4 Å². The first kappa shape index (κ1) is 11.9. The highest BCUT2D eigenvalue weighted by molar-refractivity contribution is 6.29. The van der Waals surface area contributed by atoms with Crippen LogP contribution in [-0.2, 0) is 9.47 Å². The Morgan fingerprint density at radius 1 is 1.40 bits per heavy atom. The summed E-state index contributed by atoms with van der Waals surface area (Å²) >= 11 is 5.52. The minimum atomic E-state index is -0.529. The first-order valence-corrected chi connectivity index (χ1v) is 4.84. The summed E-state index contributed by atoms with van der Waals surface area (Å²) in [5, 5.41) is 0.237. The van der Waals surface area contributed by atoms with Gasteiger partial charge in [0.2, 0.25) is 0 Å². The van der Waals surface area contributed by atoms with Gasteiger partial charge in [-0.1, -0.05) is 11.6 Å². The Labute approximate surface area is 92.4 Å². The molecule has 15 heavy (non-hydrogen) atoms. The lowest BCUT2D eigenvalue weighted by Gasteiger charge is -2.03. The average molecular weight is 231 g/mol. The normalized spacial score (nSPS) is 10.0. The Bertz CT molecular complexity index is 316. The number of ether oxygens (including phenoxy) is 2. The second-order valence-corrected chi connectivity index (χ2v) is 2.94. The summed E-state index contributed by atoms with van der Waals surface area (Å²) in [6.45, 7) is 3.05. The zero-order chi connectivity index (χ0) is 11.1. The van der Waals surface area contributed by atoms with Crippen molar-refractivity contribution >= 4 is 17.6 Å². The van der Waals surface area contributed by atoms with Gasteiger partial charge >= 0.3 is 5.97 Å². The van der Waals surface area contributed by atoms with E-state index in [0.29, 0.717) is 13.2 Å². The smallest absolute Gasteiger partial charge is 0.358 e. The van der Waals surface area contributed by atoms with Crippen molar-refractivity contribution in [3.05, 3.63) is 23.2 Å². The molecule has 0 saturated heterocycles. The zero-order valence-corrected chi connectivity index (χ0v) is 9.03. The molecule has 0 N–H and O–H groups in total. The number of hydrogen-bond acceptors (Lipinski definition) is 5. The van der Waals surface area contributed by atoms with E-state index >= 15 is 0 Å². The first-order valence-electron chi connectivity index (χ1n) is 4.46. The standard InChI is InChI=1S/C9H11ClN2O3/c1-2-14-3-4-15-9(13)7-5-12-8(10)6-11-7/h5-6H,2-4H2,1H3. The van der Waals surface area contributed by atoms with Gasteiger partial charge in [0.05, 0.1) is 19.0 Å². The van der Waals surface area contributed by atoms with Crippen LogP contribution in [0.5, 0.6) is 0 Å². The topological polar surface area (TPSA) is 61.3 Å². The van der Waals surface area contributed by atoms with E-state index in [0.717, 1.165) is 0 Å². The average Bonchev–Trinajstić information content (AvgIpc) is 2.25.